The summed E-state index contributed by atoms with van der Waals surface area (Å²) in [6.07, 6.45) is 2.92. The molecule has 1 rings (SSSR count). The predicted octanol–water partition coefficient (Wildman–Crippen LogP) is 2.21. The van der Waals surface area contributed by atoms with E-state index in [0.717, 1.165) is 25.9 Å². The minimum atomic E-state index is -0.250. The van der Waals surface area contributed by atoms with Gasteiger partial charge in [0.15, 0.2) is 0 Å². The average Bonchev–Trinajstić information content (AvgIpc) is 2.47. The van der Waals surface area contributed by atoms with E-state index in [0.29, 0.717) is 11.8 Å². The first kappa shape index (κ1) is 11.0. The Hall–Kier alpha value is -0.0800. The average molecular weight is 186 g/mol. The quantitative estimate of drug-likeness (QED) is 0.729. The summed E-state index contributed by atoms with van der Waals surface area (Å²) in [5.74, 6) is 1.20. The third kappa shape index (κ3) is 3.28. The zero-order chi connectivity index (χ0) is 9.84. The third-order valence-electron chi connectivity index (χ3n) is 2.86. The second kappa shape index (κ2) is 4.97. The Balaban J connectivity index is 2.25. The van der Waals surface area contributed by atoms with E-state index in [1.165, 1.54) is 0 Å². The Bertz CT molecular complexity index is 145. The second-order valence-electron chi connectivity index (χ2n) is 4.64. The predicted molar refractivity (Wildman–Crippen MR) is 53.6 cm³/mol. The fourth-order valence-electron chi connectivity index (χ4n) is 1.88. The van der Waals surface area contributed by atoms with Crippen molar-refractivity contribution in [3.63, 3.8) is 0 Å². The summed E-state index contributed by atoms with van der Waals surface area (Å²) < 4.78 is 5.51. The van der Waals surface area contributed by atoms with Crippen molar-refractivity contribution in [1.29, 1.82) is 0 Å². The monoisotopic (exact) mass is 186 g/mol. The largest absolute Gasteiger partial charge is 0.390 e. The van der Waals surface area contributed by atoms with Crippen molar-refractivity contribution in [2.75, 3.05) is 6.61 Å². The molecular weight excluding hydrogens is 164 g/mol. The number of hydrogen-bond acceptors (Lipinski definition) is 2. The zero-order valence-electron chi connectivity index (χ0n) is 8.99. The van der Waals surface area contributed by atoms with Crippen LogP contribution in [0.2, 0.25) is 0 Å². The van der Waals surface area contributed by atoms with Crippen LogP contribution in [-0.4, -0.2) is 23.9 Å². The first-order valence-corrected chi connectivity index (χ1v) is 5.41. The smallest absolute Gasteiger partial charge is 0.0860 e. The molecule has 1 aliphatic heterocycles. The molecule has 78 valence electrons. The van der Waals surface area contributed by atoms with Gasteiger partial charge in [-0.1, -0.05) is 20.8 Å². The van der Waals surface area contributed by atoms with Gasteiger partial charge in [0.2, 0.25) is 0 Å². The molecule has 1 N–H and O–H groups in total. The van der Waals surface area contributed by atoms with Crippen LogP contribution >= 0.6 is 0 Å². The Labute approximate surface area is 81.3 Å². The number of hydrogen-bond donors (Lipinski definition) is 1. The first-order chi connectivity index (χ1) is 6.11. The summed E-state index contributed by atoms with van der Waals surface area (Å²) >= 11 is 0. The molecule has 0 aliphatic carbocycles. The summed E-state index contributed by atoms with van der Waals surface area (Å²) in [5, 5.41) is 9.84. The van der Waals surface area contributed by atoms with E-state index in [1.54, 1.807) is 0 Å². The summed E-state index contributed by atoms with van der Waals surface area (Å²) in [6, 6.07) is 0. The molecule has 0 amide bonds. The number of ether oxygens (including phenoxy) is 1. The molecular formula is C11H22O2. The topological polar surface area (TPSA) is 29.5 Å². The molecule has 13 heavy (non-hydrogen) atoms. The van der Waals surface area contributed by atoms with Gasteiger partial charge in [-0.05, 0) is 31.1 Å². The van der Waals surface area contributed by atoms with Gasteiger partial charge in [-0.25, -0.2) is 0 Å². The van der Waals surface area contributed by atoms with Crippen LogP contribution in [0.1, 0.15) is 40.0 Å². The van der Waals surface area contributed by atoms with Gasteiger partial charge in [0, 0.05) is 6.61 Å². The standard InChI is InChI=1S/C11H22O2/c1-8(2)4-5-10(12)11-9(3)6-7-13-11/h8-12H,4-7H2,1-3H3. The molecule has 3 atom stereocenters. The molecule has 1 saturated heterocycles. The fourth-order valence-corrected chi connectivity index (χ4v) is 1.88. The van der Waals surface area contributed by atoms with E-state index in [4.69, 9.17) is 4.74 Å². The van der Waals surface area contributed by atoms with Gasteiger partial charge in [-0.3, -0.25) is 0 Å². The van der Waals surface area contributed by atoms with Crippen LogP contribution in [0.4, 0.5) is 0 Å². The van der Waals surface area contributed by atoms with Gasteiger partial charge in [-0.15, -0.1) is 0 Å². The van der Waals surface area contributed by atoms with Gasteiger partial charge < -0.3 is 9.84 Å². The SMILES string of the molecule is CC(C)CCC(O)C1OCCC1C. The number of aliphatic hydroxyl groups is 1. The number of rotatable bonds is 4. The van der Waals surface area contributed by atoms with Crippen LogP contribution in [-0.2, 0) is 4.74 Å². The molecule has 0 aromatic carbocycles. The van der Waals surface area contributed by atoms with E-state index >= 15 is 0 Å². The van der Waals surface area contributed by atoms with Gasteiger partial charge in [0.25, 0.3) is 0 Å². The van der Waals surface area contributed by atoms with Crippen molar-refractivity contribution in [3.8, 4) is 0 Å². The highest BCUT2D eigenvalue weighted by atomic mass is 16.5. The fraction of sp³-hybridized carbons (Fsp3) is 1.00. The normalized spacial score (nSPS) is 31.2. The van der Waals surface area contributed by atoms with Crippen molar-refractivity contribution in [2.24, 2.45) is 11.8 Å². The first-order valence-electron chi connectivity index (χ1n) is 5.41. The molecule has 2 heteroatoms. The van der Waals surface area contributed by atoms with Gasteiger partial charge in [-0.2, -0.15) is 0 Å². The molecule has 0 aromatic rings. The summed E-state index contributed by atoms with van der Waals surface area (Å²) in [6.45, 7) is 7.36. The van der Waals surface area contributed by atoms with E-state index in [9.17, 15) is 5.11 Å². The lowest BCUT2D eigenvalue weighted by Gasteiger charge is -2.21. The van der Waals surface area contributed by atoms with Crippen LogP contribution in [0.3, 0.4) is 0 Å². The van der Waals surface area contributed by atoms with Crippen molar-refractivity contribution in [1.82, 2.24) is 0 Å². The maximum atomic E-state index is 9.84. The van der Waals surface area contributed by atoms with Crippen molar-refractivity contribution in [2.45, 2.75) is 52.2 Å². The van der Waals surface area contributed by atoms with E-state index in [-0.39, 0.29) is 12.2 Å². The van der Waals surface area contributed by atoms with E-state index in [2.05, 4.69) is 20.8 Å². The number of aliphatic hydroxyl groups excluding tert-OH is 1. The van der Waals surface area contributed by atoms with Gasteiger partial charge in [0.05, 0.1) is 12.2 Å². The molecule has 0 bridgehead atoms. The lowest BCUT2D eigenvalue weighted by molar-refractivity contribution is -0.0220. The maximum Gasteiger partial charge on any atom is 0.0860 e. The molecule has 3 unspecified atom stereocenters. The summed E-state index contributed by atoms with van der Waals surface area (Å²) in [7, 11) is 0. The van der Waals surface area contributed by atoms with Crippen LogP contribution in [0.25, 0.3) is 0 Å². The second-order valence-corrected chi connectivity index (χ2v) is 4.64. The molecule has 0 spiro atoms. The summed E-state index contributed by atoms with van der Waals surface area (Å²) in [4.78, 5) is 0. The lowest BCUT2D eigenvalue weighted by Crippen LogP contribution is -2.30. The Morgan fingerprint density at radius 2 is 2.08 bits per heavy atom. The van der Waals surface area contributed by atoms with Crippen LogP contribution < -0.4 is 0 Å². The van der Waals surface area contributed by atoms with Crippen molar-refractivity contribution >= 4 is 0 Å². The highest BCUT2D eigenvalue weighted by Crippen LogP contribution is 2.25. The van der Waals surface area contributed by atoms with Crippen molar-refractivity contribution in [3.05, 3.63) is 0 Å². The highest BCUT2D eigenvalue weighted by Gasteiger charge is 2.30. The van der Waals surface area contributed by atoms with Gasteiger partial charge >= 0.3 is 0 Å². The summed E-state index contributed by atoms with van der Waals surface area (Å²) in [5.41, 5.74) is 0. The molecule has 0 aromatic heterocycles. The molecule has 0 saturated carbocycles. The molecule has 1 aliphatic rings. The van der Waals surface area contributed by atoms with Crippen LogP contribution in [0, 0.1) is 11.8 Å². The molecule has 2 nitrogen and oxygen atoms in total. The van der Waals surface area contributed by atoms with Crippen LogP contribution in [0.15, 0.2) is 0 Å². The molecule has 1 fully saturated rings. The van der Waals surface area contributed by atoms with E-state index < -0.39 is 0 Å². The Morgan fingerprint density at radius 3 is 2.54 bits per heavy atom. The Kier molecular flexibility index (Phi) is 4.20. The van der Waals surface area contributed by atoms with Crippen LogP contribution in [0.5, 0.6) is 0 Å². The van der Waals surface area contributed by atoms with Crippen molar-refractivity contribution < 1.29 is 9.84 Å². The minimum absolute atomic E-state index is 0.0961. The van der Waals surface area contributed by atoms with Gasteiger partial charge in [0.1, 0.15) is 0 Å². The maximum absolute atomic E-state index is 9.84. The highest BCUT2D eigenvalue weighted by molar-refractivity contribution is 4.79. The Morgan fingerprint density at radius 1 is 1.38 bits per heavy atom. The minimum Gasteiger partial charge on any atom is -0.390 e. The zero-order valence-corrected chi connectivity index (χ0v) is 8.99. The third-order valence-corrected chi connectivity index (χ3v) is 2.86. The molecule has 1 heterocycles. The lowest BCUT2D eigenvalue weighted by atomic mass is 9.94. The molecule has 0 radical (unpaired) electrons. The van der Waals surface area contributed by atoms with E-state index in [1.807, 2.05) is 0 Å².